The summed E-state index contributed by atoms with van der Waals surface area (Å²) < 4.78 is 5.85. The zero-order chi connectivity index (χ0) is 13.2. The maximum Gasteiger partial charge on any atom is 0.149 e. The average molecular weight is 271 g/mol. The van der Waals surface area contributed by atoms with Gasteiger partial charge in [-0.15, -0.1) is 0 Å². The maximum atomic E-state index is 6.04. The number of benzene rings is 2. The number of pyridine rings is 1. The van der Waals surface area contributed by atoms with Crippen LogP contribution in [0.4, 0.5) is 5.69 Å². The lowest BCUT2D eigenvalue weighted by Crippen LogP contribution is -1.91. The van der Waals surface area contributed by atoms with E-state index in [-0.39, 0.29) is 0 Å². The molecule has 0 saturated heterocycles. The molecule has 0 aliphatic rings. The second-order valence-corrected chi connectivity index (χ2v) is 4.51. The van der Waals surface area contributed by atoms with Crippen LogP contribution < -0.4 is 10.5 Å². The molecule has 1 aromatic heterocycles. The molecule has 19 heavy (non-hydrogen) atoms. The highest BCUT2D eigenvalue weighted by Crippen LogP contribution is 2.35. The van der Waals surface area contributed by atoms with E-state index < -0.39 is 0 Å². The number of nitrogens with two attached hydrogens (primary N) is 1. The smallest absolute Gasteiger partial charge is 0.149 e. The summed E-state index contributed by atoms with van der Waals surface area (Å²) in [6.07, 6.45) is 3.19. The van der Waals surface area contributed by atoms with Crippen molar-refractivity contribution in [1.29, 1.82) is 0 Å². The fourth-order valence-electron chi connectivity index (χ4n) is 1.95. The third-order valence-electron chi connectivity index (χ3n) is 2.87. The summed E-state index contributed by atoms with van der Waals surface area (Å²) in [5.41, 5.74) is 6.68. The van der Waals surface area contributed by atoms with Gasteiger partial charge in [-0.25, -0.2) is 0 Å². The van der Waals surface area contributed by atoms with E-state index in [0.29, 0.717) is 10.8 Å². The topological polar surface area (TPSA) is 48.1 Å². The highest BCUT2D eigenvalue weighted by Gasteiger charge is 2.07. The van der Waals surface area contributed by atoms with Gasteiger partial charge in [-0.1, -0.05) is 35.9 Å². The lowest BCUT2D eigenvalue weighted by Gasteiger charge is -2.11. The SMILES string of the molecule is Nc1ccc(Oc2ccncc2Cl)c2ccccc12. The van der Waals surface area contributed by atoms with Gasteiger partial charge in [0.25, 0.3) is 0 Å². The van der Waals surface area contributed by atoms with Gasteiger partial charge in [-0.05, 0) is 12.1 Å². The van der Waals surface area contributed by atoms with Crippen LogP contribution in [0.15, 0.2) is 54.9 Å². The van der Waals surface area contributed by atoms with Gasteiger partial charge in [0, 0.05) is 34.9 Å². The van der Waals surface area contributed by atoms with Crippen molar-refractivity contribution >= 4 is 28.1 Å². The van der Waals surface area contributed by atoms with Gasteiger partial charge in [-0.3, -0.25) is 4.98 Å². The Hall–Kier alpha value is -2.26. The van der Waals surface area contributed by atoms with E-state index in [1.54, 1.807) is 18.5 Å². The van der Waals surface area contributed by atoms with Crippen molar-refractivity contribution in [3.05, 3.63) is 59.9 Å². The molecule has 0 atom stereocenters. The van der Waals surface area contributed by atoms with Crippen molar-refractivity contribution in [3.8, 4) is 11.5 Å². The molecular weight excluding hydrogens is 260 g/mol. The standard InChI is InChI=1S/C15H11ClN2O/c16-12-9-18-8-7-15(12)19-14-6-5-13(17)10-3-1-2-4-11(10)14/h1-9H,17H2. The van der Waals surface area contributed by atoms with E-state index in [2.05, 4.69) is 4.98 Å². The Morgan fingerprint density at radius 3 is 2.53 bits per heavy atom. The van der Waals surface area contributed by atoms with E-state index in [0.717, 1.165) is 22.2 Å². The summed E-state index contributed by atoms with van der Waals surface area (Å²) in [6, 6.07) is 13.2. The third-order valence-corrected chi connectivity index (χ3v) is 3.16. The second kappa shape index (κ2) is 4.78. The van der Waals surface area contributed by atoms with Crippen LogP contribution in [-0.2, 0) is 0 Å². The predicted molar refractivity (Wildman–Crippen MR) is 77.7 cm³/mol. The molecule has 3 aromatic rings. The normalized spacial score (nSPS) is 10.6. The van der Waals surface area contributed by atoms with E-state index in [4.69, 9.17) is 22.1 Å². The van der Waals surface area contributed by atoms with Crippen molar-refractivity contribution in [2.24, 2.45) is 0 Å². The van der Waals surface area contributed by atoms with Gasteiger partial charge < -0.3 is 10.5 Å². The van der Waals surface area contributed by atoms with Gasteiger partial charge in [0.15, 0.2) is 0 Å². The van der Waals surface area contributed by atoms with Crippen LogP contribution in [0.1, 0.15) is 0 Å². The molecule has 0 radical (unpaired) electrons. The van der Waals surface area contributed by atoms with E-state index in [9.17, 15) is 0 Å². The molecule has 1 heterocycles. The van der Waals surface area contributed by atoms with Crippen molar-refractivity contribution in [3.63, 3.8) is 0 Å². The number of fused-ring (bicyclic) bond motifs is 1. The zero-order valence-electron chi connectivity index (χ0n) is 10.0. The molecule has 4 heteroatoms. The van der Waals surface area contributed by atoms with Crippen LogP contribution in [0.2, 0.25) is 5.02 Å². The Morgan fingerprint density at radius 2 is 1.74 bits per heavy atom. The number of anilines is 1. The molecule has 0 fully saturated rings. The molecule has 0 aliphatic heterocycles. The van der Waals surface area contributed by atoms with Crippen molar-refractivity contribution in [2.45, 2.75) is 0 Å². The summed E-state index contributed by atoms with van der Waals surface area (Å²) in [5.74, 6) is 1.30. The first-order chi connectivity index (χ1) is 9.25. The molecular formula is C15H11ClN2O. The van der Waals surface area contributed by atoms with Crippen molar-refractivity contribution < 1.29 is 4.74 Å². The number of nitrogen functional groups attached to an aromatic ring is 1. The van der Waals surface area contributed by atoms with Gasteiger partial charge in [0.2, 0.25) is 0 Å². The fourth-order valence-corrected chi connectivity index (χ4v) is 2.11. The minimum absolute atomic E-state index is 0.475. The summed E-state index contributed by atoms with van der Waals surface area (Å²) >= 11 is 6.04. The minimum atomic E-state index is 0.475. The van der Waals surface area contributed by atoms with Crippen LogP contribution in [0.25, 0.3) is 10.8 Å². The van der Waals surface area contributed by atoms with Gasteiger partial charge in [0.1, 0.15) is 16.5 Å². The summed E-state index contributed by atoms with van der Waals surface area (Å²) in [7, 11) is 0. The quantitative estimate of drug-likeness (QED) is 0.708. The lowest BCUT2D eigenvalue weighted by molar-refractivity contribution is 0.488. The summed E-state index contributed by atoms with van der Waals surface area (Å²) in [6.45, 7) is 0. The molecule has 0 spiro atoms. The summed E-state index contributed by atoms with van der Waals surface area (Å²) in [5, 5.41) is 2.39. The molecule has 3 rings (SSSR count). The van der Waals surface area contributed by atoms with Crippen LogP contribution in [0.5, 0.6) is 11.5 Å². The molecule has 3 nitrogen and oxygen atoms in total. The maximum absolute atomic E-state index is 6.04. The first-order valence-corrected chi connectivity index (χ1v) is 6.18. The molecule has 0 aliphatic carbocycles. The number of hydrogen-bond acceptors (Lipinski definition) is 3. The van der Waals surface area contributed by atoms with Crippen LogP contribution in [-0.4, -0.2) is 4.98 Å². The summed E-state index contributed by atoms with van der Waals surface area (Å²) in [4.78, 5) is 3.93. The lowest BCUT2D eigenvalue weighted by atomic mass is 10.1. The van der Waals surface area contributed by atoms with Crippen LogP contribution >= 0.6 is 11.6 Å². The monoisotopic (exact) mass is 270 g/mol. The fraction of sp³-hybridized carbons (Fsp3) is 0. The van der Waals surface area contributed by atoms with Crippen molar-refractivity contribution in [2.75, 3.05) is 5.73 Å². The van der Waals surface area contributed by atoms with Crippen molar-refractivity contribution in [1.82, 2.24) is 4.98 Å². The Labute approximate surface area is 115 Å². The number of rotatable bonds is 2. The highest BCUT2D eigenvalue weighted by atomic mass is 35.5. The number of halogens is 1. The van der Waals surface area contributed by atoms with Crippen LogP contribution in [0.3, 0.4) is 0 Å². The second-order valence-electron chi connectivity index (χ2n) is 4.11. The first-order valence-electron chi connectivity index (χ1n) is 5.80. The first kappa shape index (κ1) is 11.8. The van der Waals surface area contributed by atoms with E-state index in [1.807, 2.05) is 36.4 Å². The van der Waals surface area contributed by atoms with E-state index in [1.165, 1.54) is 0 Å². The van der Waals surface area contributed by atoms with Gasteiger partial charge in [0.05, 0.1) is 0 Å². The average Bonchev–Trinajstić information content (AvgIpc) is 2.44. The number of aromatic nitrogens is 1. The molecule has 0 saturated carbocycles. The molecule has 2 aromatic carbocycles. The molecule has 94 valence electrons. The highest BCUT2D eigenvalue weighted by molar-refractivity contribution is 6.31. The largest absolute Gasteiger partial charge is 0.455 e. The zero-order valence-corrected chi connectivity index (χ0v) is 10.8. The Balaban J connectivity index is 2.12. The molecule has 2 N–H and O–H groups in total. The molecule has 0 unspecified atom stereocenters. The Kier molecular flexibility index (Phi) is 2.97. The van der Waals surface area contributed by atoms with Crippen LogP contribution in [0, 0.1) is 0 Å². The number of hydrogen-bond donors (Lipinski definition) is 1. The number of ether oxygens (including phenoxy) is 1. The minimum Gasteiger partial charge on any atom is -0.455 e. The van der Waals surface area contributed by atoms with Gasteiger partial charge >= 0.3 is 0 Å². The molecule has 0 amide bonds. The molecule has 0 bridgehead atoms. The Bertz CT molecular complexity index is 743. The van der Waals surface area contributed by atoms with E-state index >= 15 is 0 Å². The number of nitrogens with zero attached hydrogens (tertiary/aromatic N) is 1. The third kappa shape index (κ3) is 2.20. The Morgan fingerprint density at radius 1 is 0.947 bits per heavy atom. The van der Waals surface area contributed by atoms with Gasteiger partial charge in [-0.2, -0.15) is 0 Å². The predicted octanol–water partition coefficient (Wildman–Crippen LogP) is 4.26.